The Kier molecular flexibility index (Phi) is 6.33. The van der Waals surface area contributed by atoms with Crippen LogP contribution in [0.15, 0.2) is 23.9 Å². The SMILES string of the molecule is CCCCC1C=C(C)C=C[N-]1.[Li+]. The molecule has 0 aromatic rings. The van der Waals surface area contributed by atoms with Crippen LogP contribution in [0.5, 0.6) is 0 Å². The van der Waals surface area contributed by atoms with Gasteiger partial charge in [-0.1, -0.05) is 50.0 Å². The summed E-state index contributed by atoms with van der Waals surface area (Å²) in [6.45, 7) is 4.35. The predicted molar refractivity (Wildman–Crippen MR) is 49.6 cm³/mol. The average molecular weight is 157 g/mol. The van der Waals surface area contributed by atoms with Crippen LogP contribution in [0.4, 0.5) is 0 Å². The van der Waals surface area contributed by atoms with Gasteiger partial charge in [0, 0.05) is 0 Å². The summed E-state index contributed by atoms with van der Waals surface area (Å²) < 4.78 is 0. The van der Waals surface area contributed by atoms with Crippen molar-refractivity contribution in [3.05, 3.63) is 29.2 Å². The van der Waals surface area contributed by atoms with Crippen LogP contribution < -0.4 is 18.9 Å². The maximum absolute atomic E-state index is 4.36. The van der Waals surface area contributed by atoms with Gasteiger partial charge in [0.05, 0.1) is 0 Å². The molecule has 0 bridgehead atoms. The Bertz CT molecular complexity index is 173. The number of nitrogens with zero attached hydrogens (tertiary/aromatic N) is 1. The van der Waals surface area contributed by atoms with Crippen LogP contribution in [0, 0.1) is 0 Å². The molecule has 0 saturated heterocycles. The third-order valence-corrected chi connectivity index (χ3v) is 1.92. The van der Waals surface area contributed by atoms with Crippen molar-refractivity contribution >= 4 is 0 Å². The van der Waals surface area contributed by atoms with Gasteiger partial charge in [-0.15, -0.1) is 0 Å². The van der Waals surface area contributed by atoms with Crippen LogP contribution in [-0.4, -0.2) is 6.04 Å². The van der Waals surface area contributed by atoms with E-state index in [1.165, 1.54) is 24.8 Å². The zero-order valence-electron chi connectivity index (χ0n) is 8.38. The van der Waals surface area contributed by atoms with Gasteiger partial charge in [-0.3, -0.25) is 0 Å². The Morgan fingerprint density at radius 3 is 2.83 bits per heavy atom. The number of hydrogen-bond acceptors (Lipinski definition) is 0. The monoisotopic (exact) mass is 157 g/mol. The van der Waals surface area contributed by atoms with Gasteiger partial charge in [0.2, 0.25) is 0 Å². The smallest absolute Gasteiger partial charge is 0.685 e. The zero-order chi connectivity index (χ0) is 8.10. The molecule has 1 nitrogen and oxygen atoms in total. The van der Waals surface area contributed by atoms with E-state index in [2.05, 4.69) is 31.3 Å². The number of unbranched alkanes of at least 4 members (excludes halogenated alkanes) is 1. The zero-order valence-corrected chi connectivity index (χ0v) is 8.38. The molecule has 0 aromatic heterocycles. The Morgan fingerprint density at radius 1 is 1.50 bits per heavy atom. The number of allylic oxidation sites excluding steroid dienone is 2. The third-order valence-electron chi connectivity index (χ3n) is 1.92. The molecule has 1 aliphatic heterocycles. The first-order valence-electron chi connectivity index (χ1n) is 4.38. The first kappa shape index (κ1) is 11.9. The van der Waals surface area contributed by atoms with Crippen molar-refractivity contribution in [1.82, 2.24) is 0 Å². The summed E-state index contributed by atoms with van der Waals surface area (Å²) in [4.78, 5) is 0. The Labute approximate surface area is 87.5 Å². The summed E-state index contributed by atoms with van der Waals surface area (Å²) in [6, 6.07) is 0.458. The summed E-state index contributed by atoms with van der Waals surface area (Å²) in [5, 5.41) is 4.36. The molecule has 0 aromatic carbocycles. The van der Waals surface area contributed by atoms with Gasteiger partial charge < -0.3 is 5.32 Å². The van der Waals surface area contributed by atoms with Crippen LogP contribution in [0.3, 0.4) is 0 Å². The fourth-order valence-corrected chi connectivity index (χ4v) is 1.24. The number of hydrogen-bond donors (Lipinski definition) is 0. The van der Waals surface area contributed by atoms with Gasteiger partial charge in [0.25, 0.3) is 0 Å². The summed E-state index contributed by atoms with van der Waals surface area (Å²) in [7, 11) is 0. The van der Waals surface area contributed by atoms with Gasteiger partial charge in [-0.05, 0) is 6.92 Å². The van der Waals surface area contributed by atoms with Crippen molar-refractivity contribution in [1.29, 1.82) is 0 Å². The van der Waals surface area contributed by atoms with Crippen molar-refractivity contribution in [2.45, 2.75) is 39.2 Å². The van der Waals surface area contributed by atoms with E-state index >= 15 is 0 Å². The van der Waals surface area contributed by atoms with E-state index in [4.69, 9.17) is 0 Å². The van der Waals surface area contributed by atoms with E-state index in [9.17, 15) is 0 Å². The largest absolute Gasteiger partial charge is 1.00 e. The minimum Gasteiger partial charge on any atom is -0.685 e. The quantitative estimate of drug-likeness (QED) is 0.526. The van der Waals surface area contributed by atoms with Crippen LogP contribution in [0.25, 0.3) is 5.32 Å². The minimum absolute atomic E-state index is 0. The summed E-state index contributed by atoms with van der Waals surface area (Å²) in [5.41, 5.74) is 1.35. The Morgan fingerprint density at radius 2 is 2.25 bits per heavy atom. The van der Waals surface area contributed by atoms with Gasteiger partial charge >= 0.3 is 18.9 Å². The van der Waals surface area contributed by atoms with Gasteiger partial charge in [-0.2, -0.15) is 6.20 Å². The molecule has 1 unspecified atom stereocenters. The normalized spacial score (nSPS) is 20.8. The van der Waals surface area contributed by atoms with Crippen molar-refractivity contribution < 1.29 is 18.9 Å². The first-order valence-corrected chi connectivity index (χ1v) is 4.38. The molecule has 0 N–H and O–H groups in total. The van der Waals surface area contributed by atoms with E-state index in [0.717, 1.165) is 0 Å². The molecule has 62 valence electrons. The van der Waals surface area contributed by atoms with Gasteiger partial charge in [0.1, 0.15) is 0 Å². The summed E-state index contributed by atoms with van der Waals surface area (Å²) in [6.07, 6.45) is 9.99. The Hall–Kier alpha value is -0.123. The molecule has 1 aliphatic rings. The second kappa shape index (κ2) is 6.40. The van der Waals surface area contributed by atoms with E-state index in [0.29, 0.717) is 6.04 Å². The summed E-state index contributed by atoms with van der Waals surface area (Å²) >= 11 is 0. The molecule has 0 spiro atoms. The van der Waals surface area contributed by atoms with Gasteiger partial charge in [-0.25, -0.2) is 0 Å². The molecule has 0 aliphatic carbocycles. The van der Waals surface area contributed by atoms with E-state index < -0.39 is 0 Å². The fourth-order valence-electron chi connectivity index (χ4n) is 1.24. The summed E-state index contributed by atoms with van der Waals surface area (Å²) in [5.74, 6) is 0. The molecular formula is C10H16LiN. The van der Waals surface area contributed by atoms with Crippen molar-refractivity contribution in [3.63, 3.8) is 0 Å². The molecular weight excluding hydrogens is 141 g/mol. The topological polar surface area (TPSA) is 14.1 Å². The van der Waals surface area contributed by atoms with Crippen LogP contribution >= 0.6 is 0 Å². The van der Waals surface area contributed by atoms with Crippen LogP contribution in [0.1, 0.15) is 33.1 Å². The molecule has 1 heterocycles. The Balaban J connectivity index is 0.00000121. The van der Waals surface area contributed by atoms with E-state index in [1.54, 1.807) is 0 Å². The molecule has 1 rings (SSSR count). The van der Waals surface area contributed by atoms with Gasteiger partial charge in [0.15, 0.2) is 0 Å². The molecule has 0 radical (unpaired) electrons. The minimum atomic E-state index is 0. The van der Waals surface area contributed by atoms with E-state index in [-0.39, 0.29) is 18.9 Å². The van der Waals surface area contributed by atoms with E-state index in [1.807, 2.05) is 6.20 Å². The van der Waals surface area contributed by atoms with Crippen molar-refractivity contribution in [3.8, 4) is 0 Å². The molecule has 0 amide bonds. The average Bonchev–Trinajstić information content (AvgIpc) is 2.01. The van der Waals surface area contributed by atoms with Crippen molar-refractivity contribution in [2.75, 3.05) is 0 Å². The maximum atomic E-state index is 4.36. The second-order valence-corrected chi connectivity index (χ2v) is 3.09. The molecule has 12 heavy (non-hydrogen) atoms. The third kappa shape index (κ3) is 4.04. The number of rotatable bonds is 3. The molecule has 1 atom stereocenters. The molecule has 0 saturated carbocycles. The fraction of sp³-hybridized carbons (Fsp3) is 0.600. The first-order chi connectivity index (χ1) is 5.33. The second-order valence-electron chi connectivity index (χ2n) is 3.09. The van der Waals surface area contributed by atoms with Crippen LogP contribution in [0.2, 0.25) is 0 Å². The predicted octanol–water partition coefficient (Wildman–Crippen LogP) is 0.396. The molecule has 0 fully saturated rings. The molecule has 2 heteroatoms. The van der Waals surface area contributed by atoms with Crippen LogP contribution in [-0.2, 0) is 0 Å². The maximum Gasteiger partial charge on any atom is 1.00 e. The standard InChI is InChI=1S/C10H16N.Li/c1-3-4-5-10-8-9(2)6-7-11-10;/h6-8,10H,3-5H2,1-2H3;/q-1;+1. The van der Waals surface area contributed by atoms with Crippen molar-refractivity contribution in [2.24, 2.45) is 0 Å².